The number of aliphatic carboxylic acids is 2. The van der Waals surface area contributed by atoms with Crippen LogP contribution in [0.1, 0.15) is 184 Å². The average molecular weight is 1960 g/mol. The number of nitrogens with zero attached hydrogens (tertiary/aromatic N) is 2. The molecule has 8 rings (SSSR count). The number of H-pyrrole nitrogens is 1. The molecule has 0 radical (unpaired) electrons. The minimum atomic E-state index is -1.89. The van der Waals surface area contributed by atoms with Gasteiger partial charge < -0.3 is 120 Å². The van der Waals surface area contributed by atoms with Gasteiger partial charge in [-0.25, -0.2) is 18.6 Å². The molecule has 0 saturated carbocycles. The van der Waals surface area contributed by atoms with Crippen LogP contribution in [0.15, 0.2) is 113 Å². The number of aromatic carboxylic acids is 1. The molecule has 1 aromatic heterocycles. The van der Waals surface area contributed by atoms with Gasteiger partial charge in [0.25, 0.3) is 5.91 Å². The number of aliphatic hydroxyl groups is 1. The maximum absolute atomic E-state index is 15.0. The molecule has 13 amide bonds. The SMILES string of the molecule is CC[C@H](C)[C@H](NC(=O)[C@@H](NC(=O)c1ccc(C)c(F)c1F)C(C)(C)C)C(=O)N[C@H](C(=O)N[C@H](C(=O)N[C@H](C(=O)NCC(=O)N1CCC[C@H]1C(=O)N[C@@H](Cc1c[nH]cn1)C(=O)N[C@@H](CCC(=O)O)C(=O)N[C@@H](CCC(=O)O)C(=O)N[C@@H](Cc1ccc(O)cc1)C(=O)N[C@@H](CCCCNC(=S)Nc1ccc(-c2c3ccc(=O)cc-3oc3cc(O)ccc23)c(C(=O)O)c1)C(N)=O)[C@@H](C)O)[C@@H](C)CC)C(C)(C)C. The van der Waals surface area contributed by atoms with Crippen molar-refractivity contribution in [3.05, 3.63) is 153 Å². The van der Waals surface area contributed by atoms with Crippen molar-refractivity contribution in [1.29, 1.82) is 0 Å². The van der Waals surface area contributed by atoms with Crippen LogP contribution in [0.25, 0.3) is 33.4 Å². The van der Waals surface area contributed by atoms with Gasteiger partial charge in [-0.3, -0.25) is 76.7 Å². The predicted molar refractivity (Wildman–Crippen MR) is 505 cm³/mol. The first kappa shape index (κ1) is 110. The number of rotatable bonds is 47. The second-order valence-corrected chi connectivity index (χ2v) is 36.9. The van der Waals surface area contributed by atoms with E-state index in [1.165, 1.54) is 86.2 Å². The van der Waals surface area contributed by atoms with E-state index in [0.717, 1.165) is 17.9 Å². The molecule has 4 aromatic carbocycles. The van der Waals surface area contributed by atoms with Gasteiger partial charge in [0, 0.05) is 79.3 Å². The second kappa shape index (κ2) is 49.4. The van der Waals surface area contributed by atoms with Gasteiger partial charge in [0.15, 0.2) is 22.2 Å². The Morgan fingerprint density at radius 2 is 1.12 bits per heavy atom. The number of phenols is 2. The first-order valence-corrected chi connectivity index (χ1v) is 45.7. The van der Waals surface area contributed by atoms with Crippen molar-refractivity contribution in [3.63, 3.8) is 0 Å². The van der Waals surface area contributed by atoms with Crippen LogP contribution >= 0.6 is 12.2 Å². The number of nitrogens with one attached hydrogen (secondary N) is 14. The molecule has 22 N–H and O–H groups in total. The summed E-state index contributed by atoms with van der Waals surface area (Å²) >= 11 is 5.54. The van der Waals surface area contributed by atoms with E-state index in [4.69, 9.17) is 22.4 Å². The number of aliphatic hydroxyl groups excluding tert-OH is 1. The Morgan fingerprint density at radius 1 is 0.576 bits per heavy atom. The molecule has 1 fully saturated rings. The molecule has 0 spiro atoms. The van der Waals surface area contributed by atoms with E-state index in [2.05, 4.69) is 79.1 Å². The molecule has 5 aromatic rings. The number of aromatic amines is 1. The highest BCUT2D eigenvalue weighted by molar-refractivity contribution is 7.80. The summed E-state index contributed by atoms with van der Waals surface area (Å²) in [7, 11) is 0. The van der Waals surface area contributed by atoms with Gasteiger partial charge in [0.2, 0.25) is 70.9 Å². The zero-order valence-corrected chi connectivity index (χ0v) is 79.7. The van der Waals surface area contributed by atoms with Crippen molar-refractivity contribution in [2.45, 2.75) is 239 Å². The topological polar surface area (TPSA) is 639 Å². The number of nitrogens with two attached hydrogens (primary N) is 1. The Labute approximate surface area is 803 Å². The number of likely N-dealkylation sites (tertiary alicyclic amines) is 1. The van der Waals surface area contributed by atoms with E-state index in [9.17, 15) is 117 Å². The number of amides is 13. The standard InChI is InChI=1S/C95H121F2N17O24S/c1-13-46(3)75(109-91(135)79(95(10,11)12)113-89(133)76(47(4)14-2)110-90(134)78(94(7,8)9)112-81(125)59-28-20-48(5)73(96)74(59)97)88(132)111-77(49(6)115)87(131)101-44-69(119)114-37-17-19-66(114)86(130)108-65(40-52-43-99-45-102-52)85(129)106-62(32-34-70(120)121)82(126)105-63(33-35-71(122)123)83(127)107-64(38-50-21-24-53(116)25-22-50)84(128)104-61(80(98)124)18-15-16-36-100-93(139)103-51-23-29-56(60(39-51)92(136)137)72-57-30-26-54(117)41-67(57)138-68-42-55(118)27-31-58(68)72/h20-31,39,41-43,45-47,49,61-66,75-79,115-117H,13-19,32-38,40,44H2,1-12H3,(H2,98,124)(H,99,102)(H,101,131)(H,104,128)(H,105,126)(H,106,129)(H,107,127)(H,108,130)(H,109,135)(H,110,134)(H,111,132)(H,112,125)(H,113,133)(H,120,121)(H,122,123)(H,136,137)(H2,100,103,139)/t46-,47-,49+,61-,62-,63-,64-,65-,66-,75-,76-,77-,78+,79+/m0/s1. The van der Waals surface area contributed by atoms with Crippen LogP contribution in [-0.4, -0.2) is 238 Å². The minimum Gasteiger partial charge on any atom is -0.508 e. The van der Waals surface area contributed by atoms with Crippen molar-refractivity contribution in [2.75, 3.05) is 25.0 Å². The maximum Gasteiger partial charge on any atom is 0.336 e. The van der Waals surface area contributed by atoms with E-state index < -0.39 is 246 Å². The molecular formula is C95H121F2N17O24S. The number of halogens is 2. The van der Waals surface area contributed by atoms with Gasteiger partial charge in [-0.1, -0.05) is 106 Å². The fourth-order valence-corrected chi connectivity index (χ4v) is 15.7. The summed E-state index contributed by atoms with van der Waals surface area (Å²) in [6.07, 6.45) is -1.81. The quantitative estimate of drug-likeness (QED) is 0.0146. The number of carboxylic acids is 3. The zero-order chi connectivity index (χ0) is 103. The number of unbranched alkanes of at least 4 members (excludes halogenated alkanes) is 1. The number of imidazole rings is 1. The van der Waals surface area contributed by atoms with Crippen LogP contribution in [0.5, 0.6) is 11.5 Å². The average Bonchev–Trinajstić information content (AvgIpc) is 0.848. The van der Waals surface area contributed by atoms with Crippen LogP contribution in [-0.2, 0) is 80.0 Å². The number of carbonyl (C=O) groups excluding carboxylic acids is 13. The smallest absolute Gasteiger partial charge is 0.336 e. The number of anilines is 1. The highest BCUT2D eigenvalue weighted by Crippen LogP contribution is 2.43. The van der Waals surface area contributed by atoms with E-state index in [-0.39, 0.29) is 119 Å². The summed E-state index contributed by atoms with van der Waals surface area (Å²) in [5, 5.41) is 95.9. The molecule has 44 heteroatoms. The number of thiocarbonyl (C=S) groups is 1. The third-order valence-corrected chi connectivity index (χ3v) is 24.0. The third-order valence-electron chi connectivity index (χ3n) is 23.8. The summed E-state index contributed by atoms with van der Waals surface area (Å²) in [6, 6.07) is 3.03. The number of benzene rings is 5. The lowest BCUT2D eigenvalue weighted by molar-refractivity contribution is -0.141. The largest absolute Gasteiger partial charge is 0.508 e. The van der Waals surface area contributed by atoms with Crippen molar-refractivity contribution in [1.82, 2.24) is 78.7 Å². The fourth-order valence-electron chi connectivity index (χ4n) is 15.5. The van der Waals surface area contributed by atoms with Gasteiger partial charge in [-0.2, -0.15) is 0 Å². The predicted octanol–water partition coefficient (Wildman–Crippen LogP) is 3.98. The van der Waals surface area contributed by atoms with E-state index in [1.807, 2.05) is 0 Å². The molecule has 0 bridgehead atoms. The van der Waals surface area contributed by atoms with Crippen LogP contribution in [0.4, 0.5) is 14.5 Å². The maximum atomic E-state index is 15.0. The first-order valence-electron chi connectivity index (χ1n) is 45.2. The molecule has 41 nitrogen and oxygen atoms in total. The highest BCUT2D eigenvalue weighted by Gasteiger charge is 2.44. The van der Waals surface area contributed by atoms with Crippen LogP contribution in [0, 0.1) is 41.2 Å². The Bertz CT molecular complexity index is 5730. The van der Waals surface area contributed by atoms with Crippen molar-refractivity contribution in [2.24, 2.45) is 28.4 Å². The number of phenolic OH excluding ortho intramolecular Hbond substituents is 2. The number of fused-ring (bicyclic) bond motifs is 2. The summed E-state index contributed by atoms with van der Waals surface area (Å²) in [5.41, 5.74) is 4.38. The highest BCUT2D eigenvalue weighted by atomic mass is 32.1. The molecule has 139 heavy (non-hydrogen) atoms. The Hall–Kier alpha value is -14.6. The molecule has 1 aliphatic carbocycles. The fraction of sp³-hybridized carbons (Fsp3) is 0.463. The molecule has 2 aliphatic heterocycles. The summed E-state index contributed by atoms with van der Waals surface area (Å²) in [4.78, 5) is 243. The Kier molecular flexibility index (Phi) is 39.0. The number of carboxylic acid groups (broad SMARTS) is 3. The third kappa shape index (κ3) is 30.7. The number of carbonyl (C=O) groups is 16. The van der Waals surface area contributed by atoms with Gasteiger partial charge in [-0.15, -0.1) is 0 Å². The van der Waals surface area contributed by atoms with Crippen LogP contribution in [0.2, 0.25) is 0 Å². The van der Waals surface area contributed by atoms with Gasteiger partial charge in [0.05, 0.1) is 35.8 Å². The monoisotopic (exact) mass is 1950 g/mol. The van der Waals surface area contributed by atoms with Crippen molar-refractivity contribution in [3.8, 4) is 33.9 Å². The van der Waals surface area contributed by atoms with E-state index >= 15 is 4.39 Å². The summed E-state index contributed by atoms with van der Waals surface area (Å²) < 4.78 is 35.5. The lowest BCUT2D eigenvalue weighted by atomic mass is 9.84. The number of primary amides is 1. The normalized spacial score (nSPS) is 15.4. The van der Waals surface area contributed by atoms with Crippen molar-refractivity contribution < 1.29 is 121 Å². The van der Waals surface area contributed by atoms with E-state index in [0.29, 0.717) is 28.5 Å². The Balaban J connectivity index is 0.895. The van der Waals surface area contributed by atoms with Crippen molar-refractivity contribution >= 4 is 129 Å². The van der Waals surface area contributed by atoms with E-state index in [1.54, 1.807) is 87.4 Å². The number of aromatic hydroxyl groups is 2. The number of hydrogen-bond acceptors (Lipinski definition) is 23. The first-order chi connectivity index (χ1) is 65.4. The van der Waals surface area contributed by atoms with Crippen LogP contribution in [0.3, 0.4) is 0 Å². The summed E-state index contributed by atoms with van der Waals surface area (Å²) in [5.74, 6) is -21.7. The minimum absolute atomic E-state index is 0.0220. The van der Waals surface area contributed by atoms with Crippen LogP contribution < -0.4 is 80.3 Å². The molecule has 3 aliphatic rings. The van der Waals surface area contributed by atoms with Gasteiger partial charge in [-0.05, 0) is 165 Å². The Morgan fingerprint density at radius 3 is 1.68 bits per heavy atom. The molecule has 3 heterocycles. The molecule has 0 unspecified atom stereocenters. The molecule has 750 valence electrons. The zero-order valence-electron chi connectivity index (χ0n) is 78.9. The number of hydrogen-bond donors (Lipinski definition) is 21. The molecule has 1 saturated heterocycles. The van der Waals surface area contributed by atoms with Gasteiger partial charge in [0.1, 0.15) is 89.3 Å². The number of aryl methyl sites for hydroxylation is 1. The molecular weight excluding hydrogens is 1830 g/mol. The lowest BCUT2D eigenvalue weighted by Crippen LogP contribution is -2.64. The molecule has 14 atom stereocenters. The second-order valence-electron chi connectivity index (χ2n) is 36.5. The lowest BCUT2D eigenvalue weighted by Gasteiger charge is -2.36. The number of aromatic nitrogens is 2. The van der Waals surface area contributed by atoms with Gasteiger partial charge >= 0.3 is 17.9 Å². The summed E-state index contributed by atoms with van der Waals surface area (Å²) in [6.45, 7) is 18.0.